The Kier molecular flexibility index (Phi) is 32.5. The van der Waals surface area contributed by atoms with Crippen LogP contribution in [0.5, 0.6) is 0 Å². The number of aromatic nitrogens is 16. The summed E-state index contributed by atoms with van der Waals surface area (Å²) in [6.07, 6.45) is 5.74. The number of aliphatic hydroxyl groups excluding tert-OH is 4. The Hall–Kier alpha value is -6.81. The first-order valence-electron chi connectivity index (χ1n) is 18.5. The molecule has 0 spiro atoms. The summed E-state index contributed by atoms with van der Waals surface area (Å²) in [6, 6.07) is 0. The number of nitrogen functional groups attached to an aromatic ring is 4. The monoisotopic (exact) mass is 1100 g/mol. The number of fused-ring (bicyclic) bond motifs is 4. The van der Waals surface area contributed by atoms with Gasteiger partial charge in [-0.25, -0.2) is 19.9 Å². The van der Waals surface area contributed by atoms with Crippen LogP contribution in [0, 0.1) is 0 Å². The Morgan fingerprint density at radius 3 is 0.761 bits per heavy atom. The molecule has 36 nitrogen and oxygen atoms in total. The average Bonchev–Trinajstić information content (AvgIpc) is 4.06. The summed E-state index contributed by atoms with van der Waals surface area (Å²) in [7, 11) is 0. The van der Waals surface area contributed by atoms with Crippen molar-refractivity contribution in [2.45, 2.75) is 26.9 Å². The first-order valence-corrected chi connectivity index (χ1v) is 18.5. The fourth-order valence-electron chi connectivity index (χ4n) is 5.17. The molecule has 8 aromatic rings. The van der Waals surface area contributed by atoms with Gasteiger partial charge in [0.1, 0.15) is 26.9 Å². The van der Waals surface area contributed by atoms with Gasteiger partial charge in [-0.2, -0.15) is 19.9 Å². The van der Waals surface area contributed by atoms with E-state index in [-0.39, 0.29) is 211 Å². The Labute approximate surface area is 417 Å². The third-order valence-electron chi connectivity index (χ3n) is 7.84. The van der Waals surface area contributed by atoms with Crippen molar-refractivity contribution in [1.29, 1.82) is 0 Å². The van der Waals surface area contributed by atoms with Gasteiger partial charge in [0.2, 0.25) is 23.8 Å². The van der Waals surface area contributed by atoms with E-state index in [4.69, 9.17) is 62.3 Å². The van der Waals surface area contributed by atoms with Crippen molar-refractivity contribution in [2.75, 3.05) is 75.8 Å². The van der Waals surface area contributed by atoms with Gasteiger partial charge in [-0.3, -0.25) is 57.4 Å². The normalized spacial score (nSPS) is 9.97. The molecule has 0 unspecified atom stereocenters. The number of nitrogens with one attached hydrogen (secondary N) is 4. The van der Waals surface area contributed by atoms with Crippen LogP contribution in [-0.4, -0.2) is 151 Å². The van der Waals surface area contributed by atoms with Gasteiger partial charge in [-0.05, 0) is 0 Å². The van der Waals surface area contributed by atoms with Crippen LogP contribution in [0.15, 0.2) is 44.5 Å². The Bertz CT molecular complexity index is 2610. The predicted octanol–water partition coefficient (Wildman–Crippen LogP) is -15.0. The zero-order valence-corrected chi connectivity index (χ0v) is 39.4. The van der Waals surface area contributed by atoms with E-state index in [0.29, 0.717) is 22.6 Å². The topological polar surface area (TPSA) is 608 Å². The third kappa shape index (κ3) is 18.5. The van der Waals surface area contributed by atoms with Gasteiger partial charge in [0.05, 0.1) is 78.2 Å². The van der Waals surface area contributed by atoms with Gasteiger partial charge in [0.15, 0.2) is 44.7 Å². The number of imidazole rings is 4. The summed E-state index contributed by atoms with van der Waals surface area (Å²) >= 11 is 0. The largest absolute Gasteiger partial charge is 2.00 e. The Morgan fingerprint density at radius 2 is 0.592 bits per heavy atom. The van der Waals surface area contributed by atoms with Crippen LogP contribution >= 0.6 is 0 Å². The van der Waals surface area contributed by atoms with E-state index in [2.05, 4.69) is 59.8 Å². The number of nitrogens with zero attached hydrogens (tertiary/aromatic N) is 12. The molecule has 0 aliphatic carbocycles. The molecule has 8 rings (SSSR count). The van der Waals surface area contributed by atoms with Gasteiger partial charge in [0.25, 0.3) is 22.2 Å². The summed E-state index contributed by atoms with van der Waals surface area (Å²) < 4.78 is 26.5. The van der Waals surface area contributed by atoms with E-state index in [1.54, 1.807) is 0 Å². The number of hydrogen-bond acceptors (Lipinski definition) is 24. The van der Waals surface area contributed by atoms with Crippen LogP contribution in [-0.2, 0) is 84.3 Å². The average molecular weight is 1110 g/mol. The minimum atomic E-state index is -0.386. The molecule has 0 fully saturated rings. The zero-order valence-electron chi connectivity index (χ0n) is 36.9. The van der Waals surface area contributed by atoms with E-state index in [1.807, 2.05) is 0 Å². The number of halogens is 2. The smallest absolute Gasteiger partial charge is 1.00 e. The number of aromatic amines is 4. The number of anilines is 4. The molecule has 0 aliphatic heterocycles. The molecule has 8 aromatic heterocycles. The second-order valence-electron chi connectivity index (χ2n) is 12.4. The molecule has 8 heterocycles. The van der Waals surface area contributed by atoms with Crippen LogP contribution in [0.4, 0.5) is 23.8 Å². The van der Waals surface area contributed by atoms with Crippen LogP contribution in [0.2, 0.25) is 0 Å². The number of H-pyrrole nitrogens is 4. The van der Waals surface area contributed by atoms with Gasteiger partial charge in [-0.15, -0.1) is 0 Å². The first-order chi connectivity index (χ1) is 30.9. The minimum absolute atomic E-state index is 0. The molecule has 0 bridgehead atoms. The molecule has 0 atom stereocenters. The summed E-state index contributed by atoms with van der Waals surface area (Å²) in [6.45, 7) is 1.20. The maximum atomic E-state index is 11.4. The van der Waals surface area contributed by atoms with Crippen molar-refractivity contribution >= 4 is 68.4 Å². The fraction of sp³-hybridized carbons (Fsp3) is 0.375. The molecule has 0 amide bonds. The summed E-state index contributed by atoms with van der Waals surface area (Å²) in [5.41, 5.74) is 22.4. The number of hydrogen-bond donors (Lipinski definition) is 12. The van der Waals surface area contributed by atoms with Gasteiger partial charge in [-0.1, -0.05) is 0 Å². The summed E-state index contributed by atoms with van der Waals surface area (Å²) in [5, 5.41) is 34.2. The van der Waals surface area contributed by atoms with Crippen molar-refractivity contribution < 1.29 is 103 Å². The SMILES string of the molecule is Nc1nc2c(ncn2COCCO)c(=O)[nH]1.Nc1nc2c(ncn2COCCO)c(=O)[nH]1.Nc1nc2c(ncn2COCCO)c(=O)[nH]1.Nc1nc2c(ncn2COCCO)c(=O)[nH]1.[Cl-].[Cl-].[Ni+2].[OH3+].[OH3+].[OH3+].[OH3+]. The molecule has 0 aromatic carbocycles. The molecule has 28 N–H and O–H groups in total. The van der Waals surface area contributed by atoms with E-state index in [9.17, 15) is 19.2 Å². The van der Waals surface area contributed by atoms with Crippen LogP contribution in [0.25, 0.3) is 44.7 Å². The predicted molar refractivity (Wildman–Crippen MR) is 242 cm³/mol. The van der Waals surface area contributed by atoms with Crippen LogP contribution < -0.4 is 70.0 Å². The molecule has 0 aliphatic rings. The molecule has 71 heavy (non-hydrogen) atoms. The van der Waals surface area contributed by atoms with Crippen molar-refractivity contribution in [3.8, 4) is 0 Å². The van der Waals surface area contributed by atoms with Crippen molar-refractivity contribution in [3.05, 3.63) is 66.7 Å². The summed E-state index contributed by atoms with van der Waals surface area (Å²) in [5.74, 6) is 0.116. The van der Waals surface area contributed by atoms with E-state index < -0.39 is 0 Å². The second-order valence-corrected chi connectivity index (χ2v) is 12.4. The third-order valence-corrected chi connectivity index (χ3v) is 7.84. The Balaban J connectivity index is -0.000000841. The molecule has 0 saturated carbocycles. The number of rotatable bonds is 16. The van der Waals surface area contributed by atoms with Gasteiger partial charge in [0, 0.05) is 0 Å². The first kappa shape index (κ1) is 68.5. The van der Waals surface area contributed by atoms with Gasteiger partial charge >= 0.3 is 16.5 Å². The van der Waals surface area contributed by atoms with E-state index >= 15 is 0 Å². The molecule has 39 heteroatoms. The van der Waals surface area contributed by atoms with Crippen molar-refractivity contribution in [3.63, 3.8) is 0 Å². The number of aliphatic hydroxyl groups is 4. The minimum Gasteiger partial charge on any atom is -1.00 e. The van der Waals surface area contributed by atoms with Crippen LogP contribution in [0.1, 0.15) is 0 Å². The van der Waals surface area contributed by atoms with Crippen molar-refractivity contribution in [2.24, 2.45) is 0 Å². The molecular weight excluding hydrogens is 1050 g/mol. The fourth-order valence-corrected chi connectivity index (χ4v) is 5.17. The molecule has 400 valence electrons. The van der Waals surface area contributed by atoms with E-state index in [0.717, 1.165) is 0 Å². The number of nitrogens with two attached hydrogens (primary N) is 4. The van der Waals surface area contributed by atoms with Crippen LogP contribution in [0.3, 0.4) is 0 Å². The molecular formula is C32H56Cl2N20NiO16+4. The quantitative estimate of drug-likeness (QED) is 0.0243. The van der Waals surface area contributed by atoms with Crippen molar-refractivity contribution in [1.82, 2.24) is 78.1 Å². The second kappa shape index (κ2) is 33.7. The maximum absolute atomic E-state index is 11.4. The summed E-state index contributed by atoms with van der Waals surface area (Å²) in [4.78, 5) is 86.4. The van der Waals surface area contributed by atoms with Gasteiger partial charge < -0.3 is 109 Å². The molecule has 0 radical (unpaired) electrons. The standard InChI is InChI=1S/4C8H11N5O3.2ClH.Ni.4H2O/c4*9-8-11-6-5(7(15)12-8)10-3-13(6)4-16-2-1-14;;;;;;;/h4*3,14H,1-2,4H2,(H3,9,11,12,15);2*1H;;4*1H2/q;;;;;;+2;;;;/p+2. The Morgan fingerprint density at radius 1 is 0.408 bits per heavy atom. The molecule has 0 saturated heterocycles. The number of ether oxygens (including phenoxy) is 4. The zero-order chi connectivity index (χ0) is 46.2. The maximum Gasteiger partial charge on any atom is 2.00 e. The van der Waals surface area contributed by atoms with E-state index in [1.165, 1.54) is 43.6 Å².